The predicted molar refractivity (Wildman–Crippen MR) is 103 cm³/mol. The number of rotatable bonds is 7. The predicted octanol–water partition coefficient (Wildman–Crippen LogP) is 0.764. The molecule has 9 nitrogen and oxygen atoms in total. The standard InChI is InChI=1S/C19H28N6O3/c1-4-24-9-6-16(22-24)19(27)23-10-11-28-17(13-23)18(26)20-7-5-8-25-15(3)12-14(2)21-25/h6,9,12,17H,4-5,7-8,10-11,13H2,1-3H3,(H,20,26). The minimum absolute atomic E-state index is 0.169. The lowest BCUT2D eigenvalue weighted by Crippen LogP contribution is -2.51. The van der Waals surface area contributed by atoms with Crippen LogP contribution < -0.4 is 5.32 Å². The number of carbonyl (C=O) groups excluding carboxylic acids is 2. The van der Waals surface area contributed by atoms with Gasteiger partial charge in [0.2, 0.25) is 0 Å². The topological polar surface area (TPSA) is 94.3 Å². The molecule has 0 bridgehead atoms. The summed E-state index contributed by atoms with van der Waals surface area (Å²) in [4.78, 5) is 26.7. The van der Waals surface area contributed by atoms with Crippen LogP contribution in [0.1, 0.15) is 35.2 Å². The number of morpholine rings is 1. The summed E-state index contributed by atoms with van der Waals surface area (Å²) in [5.74, 6) is -0.359. The zero-order chi connectivity index (χ0) is 20.1. The molecule has 9 heteroatoms. The molecule has 3 heterocycles. The van der Waals surface area contributed by atoms with Crippen molar-refractivity contribution in [2.24, 2.45) is 0 Å². The first-order valence-electron chi connectivity index (χ1n) is 9.71. The highest BCUT2D eigenvalue weighted by Gasteiger charge is 2.30. The highest BCUT2D eigenvalue weighted by Crippen LogP contribution is 2.10. The summed E-state index contributed by atoms with van der Waals surface area (Å²) < 4.78 is 9.22. The van der Waals surface area contributed by atoms with Gasteiger partial charge in [0, 0.05) is 38.1 Å². The molecule has 2 aromatic rings. The van der Waals surface area contributed by atoms with Gasteiger partial charge in [-0.3, -0.25) is 19.0 Å². The Hall–Kier alpha value is -2.68. The Morgan fingerprint density at radius 2 is 2.14 bits per heavy atom. The summed E-state index contributed by atoms with van der Waals surface area (Å²) in [6, 6.07) is 3.74. The Balaban J connectivity index is 1.46. The van der Waals surface area contributed by atoms with E-state index < -0.39 is 6.10 Å². The number of hydrogen-bond acceptors (Lipinski definition) is 5. The molecule has 0 aliphatic carbocycles. The molecule has 2 aromatic heterocycles. The lowest BCUT2D eigenvalue weighted by molar-refractivity contribution is -0.137. The minimum atomic E-state index is -0.653. The Labute approximate surface area is 164 Å². The summed E-state index contributed by atoms with van der Waals surface area (Å²) >= 11 is 0. The molecule has 28 heavy (non-hydrogen) atoms. The molecular weight excluding hydrogens is 360 g/mol. The van der Waals surface area contributed by atoms with Crippen molar-refractivity contribution in [1.29, 1.82) is 0 Å². The maximum Gasteiger partial charge on any atom is 0.274 e. The van der Waals surface area contributed by atoms with Crippen molar-refractivity contribution in [3.8, 4) is 0 Å². The van der Waals surface area contributed by atoms with Gasteiger partial charge in [0.1, 0.15) is 5.69 Å². The number of nitrogens with one attached hydrogen (secondary N) is 1. The molecule has 1 saturated heterocycles. The van der Waals surface area contributed by atoms with Crippen LogP contribution in [0.3, 0.4) is 0 Å². The third-order valence-corrected chi connectivity index (χ3v) is 4.78. The van der Waals surface area contributed by atoms with E-state index in [1.165, 1.54) is 0 Å². The Kier molecular flexibility index (Phi) is 6.45. The number of ether oxygens (including phenoxy) is 1. The average Bonchev–Trinajstić information content (AvgIpc) is 3.30. The lowest BCUT2D eigenvalue weighted by atomic mass is 10.2. The summed E-state index contributed by atoms with van der Waals surface area (Å²) in [7, 11) is 0. The third-order valence-electron chi connectivity index (χ3n) is 4.78. The summed E-state index contributed by atoms with van der Waals surface area (Å²) in [5, 5.41) is 11.6. The fraction of sp³-hybridized carbons (Fsp3) is 0.579. The molecular formula is C19H28N6O3. The fourth-order valence-electron chi connectivity index (χ4n) is 3.26. The molecule has 152 valence electrons. The second-order valence-electron chi connectivity index (χ2n) is 6.96. The minimum Gasteiger partial charge on any atom is -0.365 e. The van der Waals surface area contributed by atoms with Crippen molar-refractivity contribution in [2.45, 2.75) is 46.4 Å². The van der Waals surface area contributed by atoms with Crippen LogP contribution in [-0.4, -0.2) is 68.6 Å². The van der Waals surface area contributed by atoms with E-state index in [2.05, 4.69) is 15.5 Å². The summed E-state index contributed by atoms with van der Waals surface area (Å²) in [6.45, 7) is 8.96. The van der Waals surface area contributed by atoms with E-state index in [0.29, 0.717) is 31.9 Å². The monoisotopic (exact) mass is 388 g/mol. The van der Waals surface area contributed by atoms with E-state index in [0.717, 1.165) is 24.4 Å². The molecule has 1 unspecified atom stereocenters. The van der Waals surface area contributed by atoms with Gasteiger partial charge in [0.15, 0.2) is 6.10 Å². The first-order chi connectivity index (χ1) is 13.5. The van der Waals surface area contributed by atoms with Crippen LogP contribution in [0.5, 0.6) is 0 Å². The molecule has 1 atom stereocenters. The Morgan fingerprint density at radius 3 is 2.82 bits per heavy atom. The highest BCUT2D eigenvalue weighted by atomic mass is 16.5. The van der Waals surface area contributed by atoms with Crippen molar-refractivity contribution >= 4 is 11.8 Å². The van der Waals surface area contributed by atoms with E-state index >= 15 is 0 Å². The first kappa shape index (κ1) is 20.1. The van der Waals surface area contributed by atoms with Gasteiger partial charge >= 0.3 is 0 Å². The molecule has 1 aliphatic rings. The normalized spacial score (nSPS) is 17.0. The molecule has 0 saturated carbocycles. The van der Waals surface area contributed by atoms with E-state index in [-0.39, 0.29) is 18.4 Å². The van der Waals surface area contributed by atoms with Crippen molar-refractivity contribution < 1.29 is 14.3 Å². The number of carbonyl (C=O) groups is 2. The molecule has 3 rings (SSSR count). The van der Waals surface area contributed by atoms with Gasteiger partial charge in [0.05, 0.1) is 18.8 Å². The van der Waals surface area contributed by atoms with Gasteiger partial charge in [-0.2, -0.15) is 10.2 Å². The molecule has 0 radical (unpaired) electrons. The Morgan fingerprint density at radius 1 is 1.32 bits per heavy atom. The number of nitrogens with zero attached hydrogens (tertiary/aromatic N) is 5. The van der Waals surface area contributed by atoms with Crippen molar-refractivity contribution in [3.63, 3.8) is 0 Å². The van der Waals surface area contributed by atoms with E-state index in [4.69, 9.17) is 4.74 Å². The van der Waals surface area contributed by atoms with Crippen LogP contribution in [-0.2, 0) is 22.6 Å². The van der Waals surface area contributed by atoms with Crippen LogP contribution in [0.25, 0.3) is 0 Å². The van der Waals surface area contributed by atoms with Crippen molar-refractivity contribution in [1.82, 2.24) is 29.8 Å². The number of aryl methyl sites for hydroxylation is 4. The number of aromatic nitrogens is 4. The fourth-order valence-corrected chi connectivity index (χ4v) is 3.26. The van der Waals surface area contributed by atoms with E-state index in [1.807, 2.05) is 31.5 Å². The van der Waals surface area contributed by atoms with Gasteiger partial charge in [-0.1, -0.05) is 0 Å². The third kappa shape index (κ3) is 4.78. The largest absolute Gasteiger partial charge is 0.365 e. The zero-order valence-electron chi connectivity index (χ0n) is 16.7. The molecule has 1 N–H and O–H groups in total. The molecule has 1 aliphatic heterocycles. The van der Waals surface area contributed by atoms with Gasteiger partial charge in [0.25, 0.3) is 11.8 Å². The maximum absolute atomic E-state index is 12.6. The second-order valence-corrected chi connectivity index (χ2v) is 6.96. The molecule has 1 fully saturated rings. The molecule has 2 amide bonds. The quantitative estimate of drug-likeness (QED) is 0.707. The van der Waals surface area contributed by atoms with Crippen LogP contribution >= 0.6 is 0 Å². The van der Waals surface area contributed by atoms with Crippen molar-refractivity contribution in [2.75, 3.05) is 26.2 Å². The first-order valence-corrected chi connectivity index (χ1v) is 9.71. The Bertz CT molecular complexity index is 828. The molecule has 0 spiro atoms. The highest BCUT2D eigenvalue weighted by molar-refractivity contribution is 5.93. The van der Waals surface area contributed by atoms with Crippen molar-refractivity contribution in [3.05, 3.63) is 35.4 Å². The van der Waals surface area contributed by atoms with Crippen LogP contribution in [0.15, 0.2) is 18.3 Å². The maximum atomic E-state index is 12.6. The summed E-state index contributed by atoms with van der Waals surface area (Å²) in [5.41, 5.74) is 2.50. The average molecular weight is 388 g/mol. The van der Waals surface area contributed by atoms with Gasteiger partial charge < -0.3 is 15.0 Å². The SMILES string of the molecule is CCn1ccc(C(=O)N2CCOC(C(=O)NCCCn3nc(C)cc3C)C2)n1. The van der Waals surface area contributed by atoms with Gasteiger partial charge in [-0.15, -0.1) is 0 Å². The van der Waals surface area contributed by atoms with Gasteiger partial charge in [-0.25, -0.2) is 0 Å². The van der Waals surface area contributed by atoms with E-state index in [1.54, 1.807) is 21.8 Å². The smallest absolute Gasteiger partial charge is 0.274 e. The molecule has 0 aromatic carbocycles. The lowest BCUT2D eigenvalue weighted by Gasteiger charge is -2.31. The van der Waals surface area contributed by atoms with Crippen LogP contribution in [0.2, 0.25) is 0 Å². The number of amides is 2. The zero-order valence-corrected chi connectivity index (χ0v) is 16.7. The van der Waals surface area contributed by atoms with E-state index in [9.17, 15) is 9.59 Å². The van der Waals surface area contributed by atoms with Crippen LogP contribution in [0.4, 0.5) is 0 Å². The summed E-state index contributed by atoms with van der Waals surface area (Å²) in [6.07, 6.45) is 1.90. The second kappa shape index (κ2) is 9.01. The van der Waals surface area contributed by atoms with Gasteiger partial charge in [-0.05, 0) is 39.3 Å². The van der Waals surface area contributed by atoms with Crippen LogP contribution in [0, 0.1) is 13.8 Å². The number of hydrogen-bond donors (Lipinski definition) is 1.